The van der Waals surface area contributed by atoms with E-state index in [1.165, 1.54) is 11.5 Å². The molecule has 0 aliphatic heterocycles. The first-order chi connectivity index (χ1) is 9.58. The number of rotatable bonds is 4. The van der Waals surface area contributed by atoms with Crippen LogP contribution >= 0.6 is 39.7 Å². The highest BCUT2D eigenvalue weighted by molar-refractivity contribution is 9.10. The lowest BCUT2D eigenvalue weighted by atomic mass is 10.2. The molecule has 0 amide bonds. The molecule has 0 aliphatic carbocycles. The molecule has 0 aliphatic rings. The lowest BCUT2D eigenvalue weighted by Gasteiger charge is -2.16. The Bertz CT molecular complexity index is 625. The molecule has 4 nitrogen and oxygen atoms in total. The van der Waals surface area contributed by atoms with Crippen molar-refractivity contribution in [1.29, 1.82) is 0 Å². The van der Waals surface area contributed by atoms with E-state index in [4.69, 9.17) is 18.0 Å². The first kappa shape index (κ1) is 15.1. The molecule has 1 heterocycles. The van der Waals surface area contributed by atoms with Gasteiger partial charge in [0.25, 0.3) is 0 Å². The van der Waals surface area contributed by atoms with Crippen LogP contribution in [-0.2, 0) is 6.54 Å². The Morgan fingerprint density at radius 2 is 2.20 bits per heavy atom. The Balaban J connectivity index is 2.14. The maximum Gasteiger partial charge on any atom is 0.187 e. The fraction of sp³-hybridized carbons (Fsp3) is 0.154. The van der Waals surface area contributed by atoms with Crippen molar-refractivity contribution in [3.05, 3.63) is 50.9 Å². The van der Waals surface area contributed by atoms with Crippen molar-refractivity contribution in [3.63, 3.8) is 0 Å². The Kier molecular flexibility index (Phi) is 5.22. The number of nitrogens with zero attached hydrogens (tertiary/aromatic N) is 3. The van der Waals surface area contributed by atoms with Gasteiger partial charge in [0, 0.05) is 0 Å². The van der Waals surface area contributed by atoms with Gasteiger partial charge < -0.3 is 5.73 Å². The highest BCUT2D eigenvalue weighted by Crippen LogP contribution is 2.22. The van der Waals surface area contributed by atoms with E-state index in [1.807, 2.05) is 37.3 Å². The van der Waals surface area contributed by atoms with E-state index in [9.17, 15) is 0 Å². The number of benzene rings is 1. The van der Waals surface area contributed by atoms with Gasteiger partial charge in [-0.25, -0.2) is 5.01 Å². The summed E-state index contributed by atoms with van der Waals surface area (Å²) in [5.41, 5.74) is 7.75. The molecule has 0 fully saturated rings. The van der Waals surface area contributed by atoms with E-state index in [2.05, 4.69) is 25.4 Å². The fourth-order valence-electron chi connectivity index (χ4n) is 1.51. The Morgan fingerprint density at radius 1 is 1.50 bits per heavy atom. The van der Waals surface area contributed by atoms with E-state index >= 15 is 0 Å². The predicted molar refractivity (Wildman–Crippen MR) is 90.9 cm³/mol. The summed E-state index contributed by atoms with van der Waals surface area (Å²) in [6, 6.07) is 9.93. The third kappa shape index (κ3) is 3.84. The van der Waals surface area contributed by atoms with Crippen LogP contribution in [0.3, 0.4) is 0 Å². The average Bonchev–Trinajstić information content (AvgIpc) is 2.76. The quantitative estimate of drug-likeness (QED) is 0.511. The number of thiocarbonyl (C=S) groups is 1. The van der Waals surface area contributed by atoms with E-state index in [0.717, 1.165) is 20.6 Å². The molecular weight excluding hydrogens is 356 g/mol. The minimum Gasteiger partial charge on any atom is -0.375 e. The highest BCUT2D eigenvalue weighted by atomic mass is 79.9. The van der Waals surface area contributed by atoms with Crippen LogP contribution in [0.4, 0.5) is 0 Å². The minimum atomic E-state index is 0.238. The van der Waals surface area contributed by atoms with Crippen LogP contribution in [0.2, 0.25) is 0 Å². The first-order valence-electron chi connectivity index (χ1n) is 5.84. The lowest BCUT2D eigenvalue weighted by Crippen LogP contribution is -2.30. The van der Waals surface area contributed by atoms with E-state index in [1.54, 1.807) is 11.2 Å². The van der Waals surface area contributed by atoms with Crippen LogP contribution in [0.15, 0.2) is 39.9 Å². The lowest BCUT2D eigenvalue weighted by molar-refractivity contribution is 0.445. The highest BCUT2D eigenvalue weighted by Gasteiger charge is 2.08. The molecule has 1 aromatic carbocycles. The SMILES string of the molecule is Cc1nsc(/C=N/N(Cc2ccccc2)C(N)=S)c1Br. The molecule has 0 bridgehead atoms. The fourth-order valence-corrected chi connectivity index (χ4v) is 2.80. The number of aromatic nitrogens is 1. The second-order valence-electron chi connectivity index (χ2n) is 4.07. The normalized spacial score (nSPS) is 10.9. The summed E-state index contributed by atoms with van der Waals surface area (Å²) in [7, 11) is 0. The summed E-state index contributed by atoms with van der Waals surface area (Å²) in [5, 5.41) is 6.17. The monoisotopic (exact) mass is 368 g/mol. The first-order valence-corrected chi connectivity index (χ1v) is 7.82. The predicted octanol–water partition coefficient (Wildman–Crippen LogP) is 3.29. The summed E-state index contributed by atoms with van der Waals surface area (Å²) in [6.07, 6.45) is 1.72. The van der Waals surface area contributed by atoms with Gasteiger partial charge in [0.15, 0.2) is 5.11 Å². The van der Waals surface area contributed by atoms with Crippen LogP contribution in [0.25, 0.3) is 0 Å². The summed E-state index contributed by atoms with van der Waals surface area (Å²) >= 11 is 9.89. The number of nitrogens with two attached hydrogens (primary N) is 1. The summed E-state index contributed by atoms with van der Waals surface area (Å²) < 4.78 is 5.20. The molecule has 0 saturated heterocycles. The maximum absolute atomic E-state index is 5.71. The topological polar surface area (TPSA) is 54.5 Å². The van der Waals surface area contributed by atoms with Crippen molar-refractivity contribution in [2.24, 2.45) is 10.8 Å². The molecule has 0 saturated carbocycles. The largest absolute Gasteiger partial charge is 0.375 e. The van der Waals surface area contributed by atoms with Crippen LogP contribution < -0.4 is 5.73 Å². The van der Waals surface area contributed by atoms with Crippen molar-refractivity contribution >= 4 is 51.0 Å². The summed E-state index contributed by atoms with van der Waals surface area (Å²) in [5.74, 6) is 0. The molecule has 1 aromatic heterocycles. The van der Waals surface area contributed by atoms with Crippen molar-refractivity contribution in [2.75, 3.05) is 0 Å². The molecule has 104 valence electrons. The van der Waals surface area contributed by atoms with Gasteiger partial charge in [-0.05, 0) is 52.2 Å². The van der Waals surface area contributed by atoms with Crippen LogP contribution in [-0.4, -0.2) is 20.7 Å². The van der Waals surface area contributed by atoms with E-state index in [0.29, 0.717) is 6.54 Å². The van der Waals surface area contributed by atoms with Crippen molar-refractivity contribution < 1.29 is 0 Å². The number of hydrogen-bond acceptors (Lipinski definition) is 4. The van der Waals surface area contributed by atoms with Crippen LogP contribution in [0, 0.1) is 6.92 Å². The number of hydrogen-bond donors (Lipinski definition) is 1. The number of aryl methyl sites for hydroxylation is 1. The third-order valence-corrected chi connectivity index (χ3v) is 4.90. The molecule has 20 heavy (non-hydrogen) atoms. The average molecular weight is 369 g/mol. The standard InChI is InChI=1S/C13H13BrN4S2/c1-9-12(14)11(20-17-9)7-16-18(13(15)19)8-10-5-3-2-4-6-10/h2-7H,8H2,1H3,(H2,15,19)/b16-7+. The van der Waals surface area contributed by atoms with Gasteiger partial charge in [-0.15, -0.1) is 0 Å². The van der Waals surface area contributed by atoms with E-state index < -0.39 is 0 Å². The maximum atomic E-state index is 5.71. The van der Waals surface area contributed by atoms with Crippen LogP contribution in [0.1, 0.15) is 16.1 Å². The molecule has 2 aromatic rings. The van der Waals surface area contributed by atoms with Gasteiger partial charge in [-0.3, -0.25) is 0 Å². The van der Waals surface area contributed by atoms with Crippen LogP contribution in [0.5, 0.6) is 0 Å². The third-order valence-electron chi connectivity index (χ3n) is 2.56. The molecule has 0 radical (unpaired) electrons. The molecule has 0 spiro atoms. The minimum absolute atomic E-state index is 0.238. The molecule has 2 N–H and O–H groups in total. The van der Waals surface area contributed by atoms with E-state index in [-0.39, 0.29) is 5.11 Å². The van der Waals surface area contributed by atoms with Crippen molar-refractivity contribution in [1.82, 2.24) is 9.38 Å². The second kappa shape index (κ2) is 6.92. The Labute approximate surface area is 135 Å². The number of hydrazone groups is 1. The molecule has 7 heteroatoms. The second-order valence-corrected chi connectivity index (χ2v) is 6.09. The zero-order valence-corrected chi connectivity index (χ0v) is 14.0. The van der Waals surface area contributed by atoms with Gasteiger partial charge in [0.05, 0.1) is 27.8 Å². The Morgan fingerprint density at radius 3 is 2.75 bits per heavy atom. The van der Waals surface area contributed by atoms with Crippen molar-refractivity contribution in [2.45, 2.75) is 13.5 Å². The van der Waals surface area contributed by atoms with Gasteiger partial charge in [0.1, 0.15) is 0 Å². The Hall–Kier alpha value is -1.31. The summed E-state index contributed by atoms with van der Waals surface area (Å²) in [4.78, 5) is 0.941. The molecule has 0 atom stereocenters. The van der Waals surface area contributed by atoms with Gasteiger partial charge in [-0.2, -0.15) is 9.47 Å². The summed E-state index contributed by atoms with van der Waals surface area (Å²) in [6.45, 7) is 2.48. The smallest absolute Gasteiger partial charge is 0.187 e. The van der Waals surface area contributed by atoms with Crippen molar-refractivity contribution in [3.8, 4) is 0 Å². The zero-order valence-electron chi connectivity index (χ0n) is 10.8. The van der Waals surface area contributed by atoms with Gasteiger partial charge >= 0.3 is 0 Å². The molecule has 0 unspecified atom stereocenters. The molecule has 2 rings (SSSR count). The molecular formula is C13H13BrN4S2. The zero-order chi connectivity index (χ0) is 14.5. The van der Waals surface area contributed by atoms with Gasteiger partial charge in [-0.1, -0.05) is 30.3 Å². The number of halogens is 1. The van der Waals surface area contributed by atoms with Gasteiger partial charge in [0.2, 0.25) is 0 Å².